The second-order valence-electron chi connectivity index (χ2n) is 25.6. The average molecular weight is 1240 g/mol. The Kier molecular flexibility index (Phi) is 23.9. The Bertz CT molecular complexity index is 2460. The Morgan fingerprint density at radius 2 is 0.627 bits per heavy atom. The molecular weight excluding hydrogens is 1130 g/mol. The zero-order valence-electron chi connectivity index (χ0n) is 50.1. The van der Waals surface area contributed by atoms with Crippen molar-refractivity contribution in [1.29, 1.82) is 0 Å². The summed E-state index contributed by atoms with van der Waals surface area (Å²) in [5.74, 6) is 0. The molecule has 0 unspecified atom stereocenters. The van der Waals surface area contributed by atoms with Crippen molar-refractivity contribution in [2.45, 2.75) is 306 Å². The number of aromatic nitrogens is 4. The van der Waals surface area contributed by atoms with E-state index in [9.17, 15) is 0 Å². The van der Waals surface area contributed by atoms with Crippen LogP contribution < -0.4 is 7.16 Å². The zero-order chi connectivity index (χ0) is 53.3. The van der Waals surface area contributed by atoms with Crippen LogP contribution in [0.1, 0.15) is 289 Å². The Morgan fingerprint density at radius 1 is 0.333 bits per heavy atom. The van der Waals surface area contributed by atoms with Crippen LogP contribution in [0.25, 0.3) is 44.3 Å². The van der Waals surface area contributed by atoms with Gasteiger partial charge in [-0.05, 0) is 0 Å². The molecule has 0 fully saturated rings. The summed E-state index contributed by atoms with van der Waals surface area (Å²) in [5.41, 5.74) is 16.0. The number of nitrogens with zero attached hydrogens (tertiary/aromatic N) is 4. The molecule has 0 atom stereocenters. The van der Waals surface area contributed by atoms with Crippen LogP contribution in [0.15, 0.2) is 33.5 Å². The van der Waals surface area contributed by atoms with E-state index in [0.717, 1.165) is 22.1 Å². The van der Waals surface area contributed by atoms with E-state index in [-0.39, 0.29) is 10.8 Å². The maximum absolute atomic E-state index is 6.16. The molecule has 0 amide bonds. The molecule has 2 aliphatic carbocycles. The summed E-state index contributed by atoms with van der Waals surface area (Å²) in [5, 5.41) is 20.1. The van der Waals surface area contributed by atoms with Crippen molar-refractivity contribution in [1.82, 2.24) is 20.6 Å². The number of hydrogen-bond acceptors (Lipinski definition) is 6. The molecule has 0 aliphatic heterocycles. The van der Waals surface area contributed by atoms with Gasteiger partial charge in [0.15, 0.2) is 0 Å². The van der Waals surface area contributed by atoms with E-state index in [1.54, 1.807) is 25.8 Å². The van der Waals surface area contributed by atoms with Gasteiger partial charge in [-0.1, -0.05) is 0 Å². The summed E-state index contributed by atoms with van der Waals surface area (Å²) >= 11 is -5.89. The summed E-state index contributed by atoms with van der Waals surface area (Å²) in [6, 6.07) is 11.2. The molecule has 0 spiro atoms. The minimum atomic E-state index is -3.12. The van der Waals surface area contributed by atoms with Crippen LogP contribution >= 0.6 is 0 Å². The molecule has 8 heteroatoms. The van der Waals surface area contributed by atoms with Crippen molar-refractivity contribution in [3.63, 3.8) is 0 Å². The molecule has 6 nitrogen and oxygen atoms in total. The van der Waals surface area contributed by atoms with E-state index < -0.39 is 36.8 Å². The Hall–Kier alpha value is -1.94. The van der Waals surface area contributed by atoms with Crippen molar-refractivity contribution in [2.24, 2.45) is 0 Å². The van der Waals surface area contributed by atoms with Crippen LogP contribution in [-0.4, -0.2) is 57.4 Å². The molecule has 416 valence electrons. The summed E-state index contributed by atoms with van der Waals surface area (Å²) in [4.78, 5) is 7.70. The molecule has 7 rings (SSSR count). The molecule has 2 aliphatic rings. The minimum absolute atomic E-state index is 0.106. The van der Waals surface area contributed by atoms with Gasteiger partial charge in [0.2, 0.25) is 0 Å². The van der Waals surface area contributed by atoms with Crippen LogP contribution in [0.4, 0.5) is 0 Å². The predicted molar refractivity (Wildman–Crippen MR) is 329 cm³/mol. The van der Waals surface area contributed by atoms with E-state index in [1.807, 2.05) is 0 Å². The Morgan fingerprint density at radius 3 is 0.960 bits per heavy atom. The van der Waals surface area contributed by atoms with Crippen molar-refractivity contribution < 1.29 is 9.26 Å². The fourth-order valence-electron chi connectivity index (χ4n) is 14.7. The van der Waals surface area contributed by atoms with Crippen molar-refractivity contribution in [2.75, 3.05) is 0 Å². The number of fused-ring (bicyclic) bond motifs is 10. The molecule has 0 N–H and O–H groups in total. The molecule has 3 aromatic carbocycles. The van der Waals surface area contributed by atoms with Gasteiger partial charge in [0.1, 0.15) is 0 Å². The first-order valence-corrected chi connectivity index (χ1v) is 49.8. The van der Waals surface area contributed by atoms with Gasteiger partial charge in [0.25, 0.3) is 0 Å². The molecule has 0 radical (unpaired) electrons. The summed E-state index contributed by atoms with van der Waals surface area (Å²) in [6.45, 7) is 16.7. The first-order valence-electron chi connectivity index (χ1n) is 32.4. The van der Waals surface area contributed by atoms with Gasteiger partial charge in [-0.2, -0.15) is 0 Å². The first-order chi connectivity index (χ1) is 36.6. The first kappa shape index (κ1) is 60.7. The van der Waals surface area contributed by atoms with Crippen molar-refractivity contribution in [3.05, 3.63) is 46.5 Å². The molecule has 2 aromatic heterocycles. The van der Waals surface area contributed by atoms with Crippen LogP contribution in [0.2, 0.25) is 28.1 Å². The van der Waals surface area contributed by atoms with E-state index in [2.05, 4.69) is 87.6 Å². The number of benzene rings is 3. The van der Waals surface area contributed by atoms with Gasteiger partial charge < -0.3 is 0 Å². The Labute approximate surface area is 466 Å². The van der Waals surface area contributed by atoms with Crippen molar-refractivity contribution >= 4 is 66.0 Å². The third kappa shape index (κ3) is 13.6. The predicted octanol–water partition coefficient (Wildman–Crippen LogP) is 20.9. The molecule has 2 heterocycles. The van der Waals surface area contributed by atoms with E-state index >= 15 is 0 Å². The van der Waals surface area contributed by atoms with Crippen LogP contribution in [0.5, 0.6) is 0 Å². The third-order valence-corrected chi connectivity index (χ3v) is 40.3. The van der Waals surface area contributed by atoms with Crippen LogP contribution in [0, 0.1) is 0 Å². The van der Waals surface area contributed by atoms with Crippen molar-refractivity contribution in [3.8, 4) is 22.3 Å². The van der Waals surface area contributed by atoms with Crippen LogP contribution in [-0.2, 0) is 10.8 Å². The molecule has 0 saturated carbocycles. The van der Waals surface area contributed by atoms with E-state index in [0.29, 0.717) is 0 Å². The van der Waals surface area contributed by atoms with Gasteiger partial charge in [0.05, 0.1) is 0 Å². The fraction of sp³-hybridized carbons (Fsp3) is 0.731. The van der Waals surface area contributed by atoms with Gasteiger partial charge in [-0.25, -0.2) is 0 Å². The summed E-state index contributed by atoms with van der Waals surface area (Å²) in [7, 11) is 0. The van der Waals surface area contributed by atoms with E-state index in [4.69, 9.17) is 29.9 Å². The second-order valence-corrected chi connectivity index (χ2v) is 53.1. The topological polar surface area (TPSA) is 77.8 Å². The van der Waals surface area contributed by atoms with Crippen LogP contribution in [0.3, 0.4) is 0 Å². The van der Waals surface area contributed by atoms with Gasteiger partial charge in [0, 0.05) is 0 Å². The molecule has 5 aromatic rings. The van der Waals surface area contributed by atoms with Gasteiger partial charge in [-0.15, -0.1) is 0 Å². The Balaban J connectivity index is 1.55. The standard InChI is InChI=1S/C52H72N4O2.3C4H9.3CH3.2Sn/c1-5-9-13-17-21-25-33-51(34-26-22-18-14-10-6-2)41-29-31-45-49(55-57-53-45)47(41)39-38-44-40(37-43(39)51)48-42(30-32-46-50(48)56-58-54-46)52(44,35-27-23-19-15-11-7-3)36-28-24-20-16-12-8-4;3*1-3-4-2;;;;;/h29-30,37-38H,5-28,33-36H2,1-4H3;3*1,3-4H2,2H3;3*1H3;;. The number of rotatable bonds is 39. The molecule has 0 bridgehead atoms. The fourth-order valence-corrected chi connectivity index (χ4v) is 35.3. The zero-order valence-corrected chi connectivity index (χ0v) is 55.8. The number of hydrogen-bond donors (Lipinski definition) is 0. The van der Waals surface area contributed by atoms with Gasteiger partial charge in [-0.3, -0.25) is 0 Å². The number of unbranched alkanes of at least 4 members (excludes halogenated alkanes) is 23. The quantitative estimate of drug-likeness (QED) is 0.0288. The SMILES string of the molecule is CCCCCCCCC1(CCCCCCCC)c2cc3c(cc2-c2c1c[c]([Sn]([CH3])([CH3])[CH3])c1nonc21)C(CCCCCCCC)(CCCCCCCC)c1c[c]([Sn]([CH2]CCC)([CH2]CCC)[CH2]CCC)c2nonc2c1-3. The third-order valence-electron chi connectivity index (χ3n) is 19.1. The summed E-state index contributed by atoms with van der Waals surface area (Å²) in [6.07, 6.45) is 43.9. The monoisotopic (exact) mass is 1240 g/mol. The molecule has 0 saturated heterocycles. The normalized spacial score (nSPS) is 14.6. The maximum atomic E-state index is 6.16. The molecular formula is C67H108N4O2Sn2. The summed E-state index contributed by atoms with van der Waals surface area (Å²) < 4.78 is 19.5. The molecule has 75 heavy (non-hydrogen) atoms. The second kappa shape index (κ2) is 29.5. The van der Waals surface area contributed by atoms with E-state index in [1.165, 1.54) is 257 Å². The van der Waals surface area contributed by atoms with Gasteiger partial charge >= 0.3 is 470 Å². The average Bonchev–Trinajstić information content (AvgIpc) is 4.20.